The van der Waals surface area contributed by atoms with E-state index in [1.807, 2.05) is 29.2 Å². The fraction of sp³-hybridized carbons (Fsp3) is 0.188. The summed E-state index contributed by atoms with van der Waals surface area (Å²) in [5, 5.41) is 10.5. The average molecular weight is 270 g/mol. The van der Waals surface area contributed by atoms with E-state index in [2.05, 4.69) is 18.1 Å². The second-order valence-electron chi connectivity index (χ2n) is 4.56. The normalized spacial score (nSPS) is 12.4. The Kier molecular flexibility index (Phi) is 4.38. The van der Waals surface area contributed by atoms with Crippen molar-refractivity contribution in [3.05, 3.63) is 61.3 Å². The molecule has 2 aromatic rings. The van der Waals surface area contributed by atoms with Gasteiger partial charge in [-0.1, -0.05) is 30.4 Å². The predicted octanol–water partition coefficient (Wildman–Crippen LogP) is 2.97. The van der Waals surface area contributed by atoms with E-state index in [-0.39, 0.29) is 0 Å². The van der Waals surface area contributed by atoms with Gasteiger partial charge in [0.25, 0.3) is 0 Å². The number of aliphatic carboxylic acids is 1. The van der Waals surface area contributed by atoms with Crippen LogP contribution in [-0.4, -0.2) is 34.0 Å². The number of benzene rings is 1. The van der Waals surface area contributed by atoms with Gasteiger partial charge in [-0.05, 0) is 6.07 Å². The van der Waals surface area contributed by atoms with E-state index >= 15 is 0 Å². The van der Waals surface area contributed by atoms with Crippen molar-refractivity contribution in [2.24, 2.45) is 0 Å². The quantitative estimate of drug-likeness (QED) is 0.760. The van der Waals surface area contributed by atoms with E-state index in [9.17, 15) is 9.90 Å². The molecule has 0 aliphatic heterocycles. The van der Waals surface area contributed by atoms with Gasteiger partial charge >= 0.3 is 5.97 Å². The highest BCUT2D eigenvalue weighted by Gasteiger charge is 2.28. The SMILES string of the molecule is C=CCN(CC=C)C(C(=O)O)c1c[nH]c2ccccc12. The largest absolute Gasteiger partial charge is 0.480 e. The lowest BCUT2D eigenvalue weighted by Crippen LogP contribution is -2.34. The van der Waals surface area contributed by atoms with Crippen molar-refractivity contribution < 1.29 is 9.90 Å². The molecule has 4 heteroatoms. The van der Waals surface area contributed by atoms with Crippen LogP contribution >= 0.6 is 0 Å². The van der Waals surface area contributed by atoms with Gasteiger partial charge in [-0.25, -0.2) is 0 Å². The van der Waals surface area contributed by atoms with E-state index in [1.54, 1.807) is 18.3 Å². The Hall–Kier alpha value is -2.33. The number of para-hydroxylation sites is 1. The molecular weight excluding hydrogens is 252 g/mol. The Labute approximate surface area is 118 Å². The van der Waals surface area contributed by atoms with Crippen LogP contribution in [0.2, 0.25) is 0 Å². The number of nitrogens with zero attached hydrogens (tertiary/aromatic N) is 1. The topological polar surface area (TPSA) is 56.3 Å². The first-order chi connectivity index (χ1) is 9.69. The summed E-state index contributed by atoms with van der Waals surface area (Å²) >= 11 is 0. The Bertz CT molecular complexity index is 620. The lowest BCUT2D eigenvalue weighted by molar-refractivity contribution is -0.143. The maximum atomic E-state index is 11.7. The molecule has 1 heterocycles. The number of aromatic amines is 1. The number of rotatable bonds is 7. The second kappa shape index (κ2) is 6.21. The number of carbonyl (C=O) groups is 1. The minimum Gasteiger partial charge on any atom is -0.480 e. The number of hydrogen-bond acceptors (Lipinski definition) is 2. The number of carboxylic acids is 1. The summed E-state index contributed by atoms with van der Waals surface area (Å²) in [7, 11) is 0. The van der Waals surface area contributed by atoms with E-state index in [0.29, 0.717) is 13.1 Å². The maximum Gasteiger partial charge on any atom is 0.325 e. The molecule has 1 aromatic carbocycles. The van der Waals surface area contributed by atoms with Crippen LogP contribution in [0, 0.1) is 0 Å². The first-order valence-corrected chi connectivity index (χ1v) is 6.43. The molecule has 4 nitrogen and oxygen atoms in total. The highest BCUT2D eigenvalue weighted by molar-refractivity contribution is 5.89. The van der Waals surface area contributed by atoms with Crippen molar-refractivity contribution in [2.45, 2.75) is 6.04 Å². The van der Waals surface area contributed by atoms with Gasteiger partial charge in [0, 0.05) is 35.8 Å². The Morgan fingerprint density at radius 2 is 1.95 bits per heavy atom. The van der Waals surface area contributed by atoms with Crippen molar-refractivity contribution in [1.29, 1.82) is 0 Å². The van der Waals surface area contributed by atoms with Gasteiger partial charge in [0.2, 0.25) is 0 Å². The average Bonchev–Trinajstić information content (AvgIpc) is 2.83. The lowest BCUT2D eigenvalue weighted by Gasteiger charge is -2.26. The number of aromatic nitrogens is 1. The van der Waals surface area contributed by atoms with Crippen molar-refractivity contribution in [1.82, 2.24) is 9.88 Å². The zero-order chi connectivity index (χ0) is 14.5. The lowest BCUT2D eigenvalue weighted by atomic mass is 10.0. The molecule has 0 saturated heterocycles. The zero-order valence-corrected chi connectivity index (χ0v) is 11.2. The molecule has 0 bridgehead atoms. The van der Waals surface area contributed by atoms with Crippen LogP contribution in [0.4, 0.5) is 0 Å². The van der Waals surface area contributed by atoms with Gasteiger partial charge in [0.05, 0.1) is 0 Å². The minimum atomic E-state index is -0.876. The third kappa shape index (κ3) is 2.65. The van der Waals surface area contributed by atoms with E-state index in [1.165, 1.54) is 0 Å². The monoisotopic (exact) mass is 270 g/mol. The molecule has 0 aliphatic rings. The third-order valence-corrected chi connectivity index (χ3v) is 3.24. The molecule has 0 amide bonds. The molecule has 20 heavy (non-hydrogen) atoms. The van der Waals surface area contributed by atoms with Gasteiger partial charge in [0.15, 0.2) is 0 Å². The molecule has 0 fully saturated rings. The molecular formula is C16H18N2O2. The summed E-state index contributed by atoms with van der Waals surface area (Å²) in [4.78, 5) is 16.6. The van der Waals surface area contributed by atoms with Crippen LogP contribution in [-0.2, 0) is 4.79 Å². The molecule has 0 aliphatic carbocycles. The molecule has 104 valence electrons. The van der Waals surface area contributed by atoms with Gasteiger partial charge < -0.3 is 10.1 Å². The third-order valence-electron chi connectivity index (χ3n) is 3.24. The Morgan fingerprint density at radius 3 is 2.55 bits per heavy atom. The molecule has 0 spiro atoms. The van der Waals surface area contributed by atoms with Gasteiger partial charge in [0.1, 0.15) is 6.04 Å². The molecule has 2 N–H and O–H groups in total. The van der Waals surface area contributed by atoms with Gasteiger partial charge in [-0.15, -0.1) is 13.2 Å². The van der Waals surface area contributed by atoms with Gasteiger partial charge in [-0.2, -0.15) is 0 Å². The molecule has 1 aromatic heterocycles. The minimum absolute atomic E-state index is 0.489. The van der Waals surface area contributed by atoms with Crippen LogP contribution in [0.25, 0.3) is 10.9 Å². The van der Waals surface area contributed by atoms with Crippen LogP contribution in [0.5, 0.6) is 0 Å². The number of nitrogens with one attached hydrogen (secondary N) is 1. The number of H-pyrrole nitrogens is 1. The van der Waals surface area contributed by atoms with Crippen molar-refractivity contribution >= 4 is 16.9 Å². The van der Waals surface area contributed by atoms with E-state index < -0.39 is 12.0 Å². The van der Waals surface area contributed by atoms with Crippen molar-refractivity contribution in [2.75, 3.05) is 13.1 Å². The summed E-state index contributed by atoms with van der Waals surface area (Å²) < 4.78 is 0. The molecule has 1 atom stereocenters. The van der Waals surface area contributed by atoms with Crippen LogP contribution in [0.15, 0.2) is 55.8 Å². The summed E-state index contributed by atoms with van der Waals surface area (Å²) in [6.07, 6.45) is 5.17. The van der Waals surface area contributed by atoms with Crippen LogP contribution < -0.4 is 0 Å². The molecule has 1 unspecified atom stereocenters. The zero-order valence-electron chi connectivity index (χ0n) is 11.2. The highest BCUT2D eigenvalue weighted by Crippen LogP contribution is 2.28. The summed E-state index contributed by atoms with van der Waals surface area (Å²) in [5.41, 5.74) is 1.70. The predicted molar refractivity (Wildman–Crippen MR) is 80.6 cm³/mol. The summed E-state index contributed by atoms with van der Waals surface area (Å²) in [6.45, 7) is 8.36. The number of fused-ring (bicyclic) bond motifs is 1. The fourth-order valence-electron chi connectivity index (χ4n) is 2.42. The highest BCUT2D eigenvalue weighted by atomic mass is 16.4. The first-order valence-electron chi connectivity index (χ1n) is 6.43. The Morgan fingerprint density at radius 1 is 1.30 bits per heavy atom. The maximum absolute atomic E-state index is 11.7. The molecule has 2 rings (SSSR count). The van der Waals surface area contributed by atoms with E-state index in [4.69, 9.17) is 0 Å². The van der Waals surface area contributed by atoms with Crippen molar-refractivity contribution in [3.8, 4) is 0 Å². The molecule has 0 saturated carbocycles. The summed E-state index contributed by atoms with van der Waals surface area (Å²) in [6, 6.07) is 6.97. The number of hydrogen-bond donors (Lipinski definition) is 2. The fourth-order valence-corrected chi connectivity index (χ4v) is 2.42. The smallest absolute Gasteiger partial charge is 0.325 e. The van der Waals surface area contributed by atoms with E-state index in [0.717, 1.165) is 16.5 Å². The standard InChI is InChI=1S/C16H18N2O2/c1-3-9-18(10-4-2)15(16(19)20)13-11-17-14-8-6-5-7-12(13)14/h3-8,11,15,17H,1-2,9-10H2,(H,19,20). The van der Waals surface area contributed by atoms with Crippen LogP contribution in [0.3, 0.4) is 0 Å². The Balaban J connectivity index is 2.49. The van der Waals surface area contributed by atoms with Crippen molar-refractivity contribution in [3.63, 3.8) is 0 Å². The number of carboxylic acid groups (broad SMARTS) is 1. The summed E-state index contributed by atoms with van der Waals surface area (Å²) in [5.74, 6) is -0.876. The first kappa shape index (κ1) is 14.1. The van der Waals surface area contributed by atoms with Crippen LogP contribution in [0.1, 0.15) is 11.6 Å². The van der Waals surface area contributed by atoms with Gasteiger partial charge in [-0.3, -0.25) is 9.69 Å². The molecule has 0 radical (unpaired) electrons. The second-order valence-corrected chi connectivity index (χ2v) is 4.56.